The molecule has 1 saturated heterocycles. The van der Waals surface area contributed by atoms with Crippen LogP contribution in [0.2, 0.25) is 5.02 Å². The van der Waals surface area contributed by atoms with Gasteiger partial charge in [0.05, 0.1) is 16.8 Å². The van der Waals surface area contributed by atoms with Gasteiger partial charge in [-0.15, -0.1) is 0 Å². The number of nitrogens with one attached hydrogen (secondary N) is 1. The standard InChI is InChI=1S/C25H23ClFN3O2/c26-17-4-1-16(2-5-17)3-8-24(31)20-15-30(18-6-7-18)22-14-23(29-11-9-28-10-12-29)21(27)13-19(22)25(20)32/h1-5,8,13-15,18,28H,6-7,9-12H2. The first kappa shape index (κ1) is 20.9. The van der Waals surface area contributed by atoms with Gasteiger partial charge >= 0.3 is 0 Å². The van der Waals surface area contributed by atoms with Crippen LogP contribution in [0.3, 0.4) is 0 Å². The third kappa shape index (κ3) is 4.08. The monoisotopic (exact) mass is 451 g/mol. The van der Waals surface area contributed by atoms with Gasteiger partial charge in [-0.3, -0.25) is 9.59 Å². The van der Waals surface area contributed by atoms with Gasteiger partial charge in [-0.1, -0.05) is 29.8 Å². The first-order valence-corrected chi connectivity index (χ1v) is 11.2. The molecule has 0 unspecified atom stereocenters. The summed E-state index contributed by atoms with van der Waals surface area (Å²) in [4.78, 5) is 28.1. The highest BCUT2D eigenvalue weighted by Crippen LogP contribution is 2.38. The van der Waals surface area contributed by atoms with Gasteiger partial charge in [0.2, 0.25) is 5.43 Å². The maximum atomic E-state index is 15.0. The zero-order chi connectivity index (χ0) is 22.2. The minimum Gasteiger partial charge on any atom is -0.367 e. The van der Waals surface area contributed by atoms with E-state index in [0.29, 0.717) is 29.3 Å². The fraction of sp³-hybridized carbons (Fsp3) is 0.280. The zero-order valence-electron chi connectivity index (χ0n) is 17.5. The molecule has 0 radical (unpaired) electrons. The molecule has 1 aromatic heterocycles. The summed E-state index contributed by atoms with van der Waals surface area (Å²) in [5.74, 6) is -0.826. The molecular weight excluding hydrogens is 429 g/mol. The molecule has 2 fully saturated rings. The summed E-state index contributed by atoms with van der Waals surface area (Å²) < 4.78 is 17.0. The number of aromatic nitrogens is 1. The van der Waals surface area contributed by atoms with E-state index in [9.17, 15) is 9.59 Å². The fourth-order valence-electron chi connectivity index (χ4n) is 4.17. The van der Waals surface area contributed by atoms with Crippen molar-refractivity contribution in [2.24, 2.45) is 0 Å². The Balaban J connectivity index is 1.57. The SMILES string of the molecule is O=C(C=Cc1ccc(Cl)cc1)c1cn(C2CC2)c2cc(N3CCNCC3)c(F)cc2c1=O. The zero-order valence-corrected chi connectivity index (χ0v) is 18.2. The quantitative estimate of drug-likeness (QED) is 0.460. The Morgan fingerprint density at radius 3 is 2.53 bits per heavy atom. The maximum Gasteiger partial charge on any atom is 0.200 e. The van der Waals surface area contributed by atoms with Crippen molar-refractivity contribution >= 4 is 40.1 Å². The first-order chi connectivity index (χ1) is 15.5. The predicted molar refractivity (Wildman–Crippen MR) is 126 cm³/mol. The van der Waals surface area contributed by atoms with Crippen LogP contribution in [0, 0.1) is 5.82 Å². The summed E-state index contributed by atoms with van der Waals surface area (Å²) in [5.41, 5.74) is 1.62. The molecule has 0 atom stereocenters. The lowest BCUT2D eigenvalue weighted by molar-refractivity contribution is 0.104. The number of benzene rings is 2. The van der Waals surface area contributed by atoms with E-state index in [4.69, 9.17) is 11.6 Å². The average molecular weight is 452 g/mol. The van der Waals surface area contributed by atoms with Crippen molar-refractivity contribution < 1.29 is 9.18 Å². The molecule has 1 aliphatic heterocycles. The van der Waals surface area contributed by atoms with Crippen LogP contribution in [0.5, 0.6) is 0 Å². The van der Waals surface area contributed by atoms with E-state index >= 15 is 4.39 Å². The number of anilines is 1. The Morgan fingerprint density at radius 1 is 1.12 bits per heavy atom. The van der Waals surface area contributed by atoms with Crippen LogP contribution in [-0.4, -0.2) is 36.5 Å². The van der Waals surface area contributed by atoms with Gasteiger partial charge in [-0.05, 0) is 48.7 Å². The summed E-state index contributed by atoms with van der Waals surface area (Å²) in [6.07, 6.45) is 6.64. The summed E-state index contributed by atoms with van der Waals surface area (Å²) in [5, 5.41) is 4.12. The van der Waals surface area contributed by atoms with E-state index in [2.05, 4.69) is 5.32 Å². The number of halogens is 2. The first-order valence-electron chi connectivity index (χ1n) is 10.8. The minimum atomic E-state index is -0.437. The van der Waals surface area contributed by atoms with Gasteiger partial charge in [0.15, 0.2) is 5.78 Å². The van der Waals surface area contributed by atoms with Crippen LogP contribution < -0.4 is 15.6 Å². The highest BCUT2D eigenvalue weighted by molar-refractivity contribution is 6.30. The molecule has 2 aromatic carbocycles. The number of allylic oxidation sites excluding steroid dienone is 1. The molecule has 0 amide bonds. The van der Waals surface area contributed by atoms with Crippen molar-refractivity contribution in [3.63, 3.8) is 0 Å². The van der Waals surface area contributed by atoms with Crippen LogP contribution in [0.1, 0.15) is 34.8 Å². The van der Waals surface area contributed by atoms with Crippen molar-refractivity contribution in [3.8, 4) is 0 Å². The smallest absolute Gasteiger partial charge is 0.200 e. The molecule has 5 rings (SSSR count). The third-order valence-corrected chi connectivity index (χ3v) is 6.31. The van der Waals surface area contributed by atoms with Crippen molar-refractivity contribution in [3.05, 3.63) is 80.9 Å². The Bertz CT molecular complexity index is 1270. The Kier molecular flexibility index (Phi) is 5.57. The predicted octanol–water partition coefficient (Wildman–Crippen LogP) is 4.43. The lowest BCUT2D eigenvalue weighted by atomic mass is 10.1. The van der Waals surface area contributed by atoms with E-state index in [1.165, 1.54) is 12.1 Å². The van der Waals surface area contributed by atoms with Crippen LogP contribution in [-0.2, 0) is 0 Å². The van der Waals surface area contributed by atoms with Gasteiger partial charge in [0, 0.05) is 48.8 Å². The molecule has 2 aliphatic rings. The second kappa shape index (κ2) is 8.52. The number of ketones is 1. The van der Waals surface area contributed by atoms with Crippen molar-refractivity contribution in [2.45, 2.75) is 18.9 Å². The summed E-state index contributed by atoms with van der Waals surface area (Å²) in [7, 11) is 0. The second-order valence-corrected chi connectivity index (χ2v) is 8.75. The topological polar surface area (TPSA) is 54.3 Å². The van der Waals surface area contributed by atoms with Crippen LogP contribution in [0.4, 0.5) is 10.1 Å². The fourth-order valence-corrected chi connectivity index (χ4v) is 4.30. The van der Waals surface area contributed by atoms with Crippen molar-refractivity contribution in [2.75, 3.05) is 31.1 Å². The Labute approximate surface area is 190 Å². The molecule has 1 N–H and O–H groups in total. The molecule has 2 heterocycles. The summed E-state index contributed by atoms with van der Waals surface area (Å²) in [6.45, 7) is 3.00. The number of hydrogen-bond donors (Lipinski definition) is 1. The van der Waals surface area contributed by atoms with Gasteiger partial charge in [0.1, 0.15) is 5.82 Å². The van der Waals surface area contributed by atoms with Gasteiger partial charge in [-0.25, -0.2) is 4.39 Å². The van der Waals surface area contributed by atoms with Gasteiger partial charge in [0.25, 0.3) is 0 Å². The number of hydrogen-bond acceptors (Lipinski definition) is 4. The number of nitrogens with zero attached hydrogens (tertiary/aromatic N) is 2. The number of fused-ring (bicyclic) bond motifs is 1. The molecule has 0 bridgehead atoms. The lowest BCUT2D eigenvalue weighted by Crippen LogP contribution is -2.43. The maximum absolute atomic E-state index is 15.0. The molecule has 164 valence electrons. The Morgan fingerprint density at radius 2 is 1.84 bits per heavy atom. The highest BCUT2D eigenvalue weighted by atomic mass is 35.5. The van der Waals surface area contributed by atoms with Gasteiger partial charge < -0.3 is 14.8 Å². The Hall–Kier alpha value is -2.96. The third-order valence-electron chi connectivity index (χ3n) is 6.06. The molecule has 3 aromatic rings. The normalized spacial score (nSPS) is 16.8. The largest absolute Gasteiger partial charge is 0.367 e. The highest BCUT2D eigenvalue weighted by Gasteiger charge is 2.27. The van der Waals surface area contributed by atoms with Gasteiger partial charge in [-0.2, -0.15) is 0 Å². The average Bonchev–Trinajstić information content (AvgIpc) is 3.65. The number of piperazine rings is 1. The molecular formula is C25H23ClFN3O2. The molecule has 32 heavy (non-hydrogen) atoms. The molecule has 1 saturated carbocycles. The molecule has 0 spiro atoms. The molecule has 5 nitrogen and oxygen atoms in total. The number of carbonyl (C=O) groups excluding carboxylic acids is 1. The van der Waals surface area contributed by atoms with Crippen LogP contribution >= 0.6 is 11.6 Å². The van der Waals surface area contributed by atoms with E-state index in [1.54, 1.807) is 42.6 Å². The molecule has 7 heteroatoms. The summed E-state index contributed by atoms with van der Waals surface area (Å²) in [6, 6.07) is 10.4. The number of carbonyl (C=O) groups is 1. The van der Waals surface area contributed by atoms with E-state index < -0.39 is 17.0 Å². The van der Waals surface area contributed by atoms with Crippen molar-refractivity contribution in [1.82, 2.24) is 9.88 Å². The van der Waals surface area contributed by atoms with E-state index in [-0.39, 0.29) is 17.0 Å². The van der Waals surface area contributed by atoms with Crippen LogP contribution in [0.15, 0.2) is 53.5 Å². The lowest BCUT2D eigenvalue weighted by Gasteiger charge is -2.30. The molecule has 1 aliphatic carbocycles. The van der Waals surface area contributed by atoms with Crippen molar-refractivity contribution in [1.29, 1.82) is 0 Å². The second-order valence-electron chi connectivity index (χ2n) is 8.32. The number of pyridine rings is 1. The summed E-state index contributed by atoms with van der Waals surface area (Å²) >= 11 is 5.90. The minimum absolute atomic E-state index is 0.0592. The van der Waals surface area contributed by atoms with Crippen LogP contribution in [0.25, 0.3) is 17.0 Å². The van der Waals surface area contributed by atoms with E-state index in [0.717, 1.165) is 31.5 Å². The van der Waals surface area contributed by atoms with E-state index in [1.807, 2.05) is 9.47 Å². The number of rotatable bonds is 5.